The van der Waals surface area contributed by atoms with Gasteiger partial charge in [-0.25, -0.2) is 8.60 Å². The van der Waals surface area contributed by atoms with Gasteiger partial charge in [0.25, 0.3) is 0 Å². The molecule has 2 nitrogen and oxygen atoms in total. The minimum absolute atomic E-state index is 0.184. The van der Waals surface area contributed by atoms with Crippen LogP contribution in [0.5, 0.6) is 0 Å². The Hall–Kier alpha value is -0.950. The maximum absolute atomic E-state index is 12.8. The number of hydrogen-bond acceptors (Lipinski definition) is 1. The largest absolute Gasteiger partial charge is 0.416 e. The van der Waals surface area contributed by atoms with Gasteiger partial charge < -0.3 is 4.55 Å². The summed E-state index contributed by atoms with van der Waals surface area (Å²) in [6.45, 7) is 0. The van der Waals surface area contributed by atoms with Crippen LogP contribution in [-0.2, 0) is 17.3 Å². The van der Waals surface area contributed by atoms with Crippen molar-refractivity contribution in [1.29, 1.82) is 0 Å². The van der Waals surface area contributed by atoms with Crippen LogP contribution in [0.2, 0.25) is 0 Å². The number of halogens is 4. The summed E-state index contributed by atoms with van der Waals surface area (Å²) in [5, 5.41) is 0. The van der Waals surface area contributed by atoms with Gasteiger partial charge in [0.2, 0.25) is 0 Å². The van der Waals surface area contributed by atoms with E-state index in [9.17, 15) is 21.8 Å². The summed E-state index contributed by atoms with van der Waals surface area (Å²) in [5.74, 6) is -1.35. The summed E-state index contributed by atoms with van der Waals surface area (Å²) in [6, 6.07) is 1.37. The Kier molecular flexibility index (Phi) is 2.91. The molecule has 0 bridgehead atoms. The van der Waals surface area contributed by atoms with Gasteiger partial charge in [-0.2, -0.15) is 13.2 Å². The molecule has 0 aliphatic carbocycles. The summed E-state index contributed by atoms with van der Waals surface area (Å²) in [4.78, 5) is -0.669. The van der Waals surface area contributed by atoms with Crippen molar-refractivity contribution >= 4 is 11.1 Å². The zero-order chi connectivity index (χ0) is 10.9. The third kappa shape index (κ3) is 2.30. The lowest BCUT2D eigenvalue weighted by atomic mass is 10.2. The fourth-order valence-electron chi connectivity index (χ4n) is 0.819. The lowest BCUT2D eigenvalue weighted by Crippen LogP contribution is -2.06. The predicted molar refractivity (Wildman–Crippen MR) is 40.4 cm³/mol. The van der Waals surface area contributed by atoms with E-state index in [1.807, 2.05) is 0 Å². The second kappa shape index (κ2) is 3.66. The molecule has 7 heteroatoms. The highest BCUT2D eigenvalue weighted by atomic mass is 32.2. The van der Waals surface area contributed by atoms with E-state index < -0.39 is 33.5 Å². The average Bonchev–Trinajstić information content (AvgIpc) is 2.01. The fourth-order valence-corrected chi connectivity index (χ4v) is 1.23. The molecule has 0 aromatic heterocycles. The third-order valence-electron chi connectivity index (χ3n) is 1.45. The van der Waals surface area contributed by atoms with Crippen LogP contribution in [-0.4, -0.2) is 8.76 Å². The standard InChI is InChI=1S/C7H4F4O2S/c8-5-3-4(7(9,10)11)1-2-6(5)14(12)13/h1-3H,(H,12,13). The van der Waals surface area contributed by atoms with Gasteiger partial charge >= 0.3 is 6.18 Å². The molecule has 1 aromatic rings. The molecule has 0 amide bonds. The lowest BCUT2D eigenvalue weighted by molar-refractivity contribution is -0.137. The van der Waals surface area contributed by atoms with Crippen LogP contribution < -0.4 is 0 Å². The molecule has 0 radical (unpaired) electrons. The molecule has 0 heterocycles. The first kappa shape index (κ1) is 11.1. The van der Waals surface area contributed by atoms with Crippen molar-refractivity contribution < 1.29 is 26.3 Å². The van der Waals surface area contributed by atoms with Gasteiger partial charge in [0, 0.05) is 0 Å². The molecule has 0 fully saturated rings. The van der Waals surface area contributed by atoms with Crippen LogP contribution in [0.25, 0.3) is 0 Å². The van der Waals surface area contributed by atoms with Crippen LogP contribution in [0, 0.1) is 5.82 Å². The summed E-state index contributed by atoms with van der Waals surface area (Å²) >= 11 is -2.62. The van der Waals surface area contributed by atoms with Crippen molar-refractivity contribution in [2.45, 2.75) is 11.1 Å². The number of benzene rings is 1. The number of alkyl halides is 3. The molecule has 0 spiro atoms. The second-order valence-electron chi connectivity index (χ2n) is 2.39. The Morgan fingerprint density at radius 1 is 1.29 bits per heavy atom. The second-order valence-corrected chi connectivity index (χ2v) is 3.33. The zero-order valence-electron chi connectivity index (χ0n) is 6.51. The first-order valence-electron chi connectivity index (χ1n) is 3.30. The minimum atomic E-state index is -4.66. The summed E-state index contributed by atoms with van der Waals surface area (Å²) in [5.41, 5.74) is -1.19. The Morgan fingerprint density at radius 3 is 2.21 bits per heavy atom. The van der Waals surface area contributed by atoms with Gasteiger partial charge in [-0.05, 0) is 18.2 Å². The van der Waals surface area contributed by atoms with Crippen LogP contribution >= 0.6 is 0 Å². The van der Waals surface area contributed by atoms with Gasteiger partial charge in [0.15, 0.2) is 11.1 Å². The van der Waals surface area contributed by atoms with Crippen LogP contribution in [0.15, 0.2) is 23.1 Å². The maximum Gasteiger partial charge on any atom is 0.416 e. The molecule has 0 saturated carbocycles. The Morgan fingerprint density at radius 2 is 1.86 bits per heavy atom. The van der Waals surface area contributed by atoms with Crippen LogP contribution in [0.1, 0.15) is 5.56 Å². The van der Waals surface area contributed by atoms with E-state index in [-0.39, 0.29) is 6.07 Å². The zero-order valence-corrected chi connectivity index (χ0v) is 7.32. The molecule has 0 saturated heterocycles. The highest BCUT2D eigenvalue weighted by Crippen LogP contribution is 2.30. The van der Waals surface area contributed by atoms with Crippen molar-refractivity contribution in [2.75, 3.05) is 0 Å². The Balaban J connectivity index is 3.20. The van der Waals surface area contributed by atoms with Crippen molar-refractivity contribution in [1.82, 2.24) is 0 Å². The molecular formula is C7H4F4O2S. The van der Waals surface area contributed by atoms with E-state index in [4.69, 9.17) is 4.55 Å². The molecule has 1 N–H and O–H groups in total. The molecular weight excluding hydrogens is 224 g/mol. The highest BCUT2D eigenvalue weighted by Gasteiger charge is 2.31. The van der Waals surface area contributed by atoms with Crippen LogP contribution in [0.4, 0.5) is 17.6 Å². The summed E-state index contributed by atoms with van der Waals surface area (Å²) in [6.07, 6.45) is -4.66. The predicted octanol–water partition coefficient (Wildman–Crippen LogP) is 2.43. The quantitative estimate of drug-likeness (QED) is 0.592. The first-order chi connectivity index (χ1) is 6.32. The highest BCUT2D eigenvalue weighted by molar-refractivity contribution is 7.79. The number of hydrogen-bond donors (Lipinski definition) is 1. The van der Waals surface area contributed by atoms with E-state index in [0.29, 0.717) is 12.1 Å². The maximum atomic E-state index is 12.8. The molecule has 78 valence electrons. The SMILES string of the molecule is O=S(O)c1ccc(C(F)(F)F)cc1F. The molecule has 1 rings (SSSR count). The van der Waals surface area contributed by atoms with Gasteiger partial charge in [-0.15, -0.1) is 0 Å². The average molecular weight is 228 g/mol. The summed E-state index contributed by atoms with van der Waals surface area (Å²) < 4.78 is 67.6. The van der Waals surface area contributed by atoms with Crippen LogP contribution in [0.3, 0.4) is 0 Å². The third-order valence-corrected chi connectivity index (χ3v) is 2.15. The Bertz CT molecular complexity index is 374. The van der Waals surface area contributed by atoms with Gasteiger partial charge in [0.05, 0.1) is 5.56 Å². The first-order valence-corrected chi connectivity index (χ1v) is 4.40. The molecule has 1 aromatic carbocycles. The van der Waals surface area contributed by atoms with Crippen molar-refractivity contribution in [2.24, 2.45) is 0 Å². The molecule has 0 aliphatic heterocycles. The van der Waals surface area contributed by atoms with E-state index in [2.05, 4.69) is 0 Å². The van der Waals surface area contributed by atoms with Gasteiger partial charge in [-0.3, -0.25) is 0 Å². The number of rotatable bonds is 1. The molecule has 1 atom stereocenters. The normalized spacial score (nSPS) is 14.1. The van der Waals surface area contributed by atoms with Crippen molar-refractivity contribution in [3.05, 3.63) is 29.6 Å². The van der Waals surface area contributed by atoms with E-state index >= 15 is 0 Å². The fraction of sp³-hybridized carbons (Fsp3) is 0.143. The summed E-state index contributed by atoms with van der Waals surface area (Å²) in [7, 11) is 0. The van der Waals surface area contributed by atoms with Crippen molar-refractivity contribution in [3.63, 3.8) is 0 Å². The topological polar surface area (TPSA) is 37.3 Å². The van der Waals surface area contributed by atoms with E-state index in [0.717, 1.165) is 0 Å². The minimum Gasteiger partial charge on any atom is -0.302 e. The lowest BCUT2D eigenvalue weighted by Gasteiger charge is -2.06. The Labute approximate surface area is 78.8 Å². The smallest absolute Gasteiger partial charge is 0.302 e. The molecule has 0 aliphatic rings. The van der Waals surface area contributed by atoms with Gasteiger partial charge in [-0.1, -0.05) is 0 Å². The van der Waals surface area contributed by atoms with Gasteiger partial charge in [0.1, 0.15) is 10.7 Å². The van der Waals surface area contributed by atoms with E-state index in [1.165, 1.54) is 0 Å². The molecule has 1 unspecified atom stereocenters. The monoisotopic (exact) mass is 228 g/mol. The van der Waals surface area contributed by atoms with Crippen molar-refractivity contribution in [3.8, 4) is 0 Å². The van der Waals surface area contributed by atoms with E-state index in [1.54, 1.807) is 0 Å². The molecule has 14 heavy (non-hydrogen) atoms.